The van der Waals surface area contributed by atoms with Gasteiger partial charge >= 0.3 is 0 Å². The largest absolute Gasteiger partial charge is 0.374 e. The zero-order chi connectivity index (χ0) is 19.1. The summed E-state index contributed by atoms with van der Waals surface area (Å²) in [6.45, 7) is 2.69. The Kier molecular flexibility index (Phi) is 7.13. The molecule has 140 valence electrons. The van der Waals surface area contributed by atoms with Crippen LogP contribution in [0.25, 0.3) is 0 Å². The lowest BCUT2D eigenvalue weighted by atomic mass is 9.86. The summed E-state index contributed by atoms with van der Waals surface area (Å²) in [5.74, 6) is -1.13. The van der Waals surface area contributed by atoms with Crippen LogP contribution in [0.5, 0.6) is 0 Å². The third-order valence-electron chi connectivity index (χ3n) is 4.59. The summed E-state index contributed by atoms with van der Waals surface area (Å²) in [5.41, 5.74) is 0.764. The van der Waals surface area contributed by atoms with Crippen molar-refractivity contribution < 1.29 is 14.4 Å². The van der Waals surface area contributed by atoms with Crippen molar-refractivity contribution in [1.29, 1.82) is 0 Å². The number of nitrogens with zero attached hydrogens (tertiary/aromatic N) is 1. The van der Waals surface area contributed by atoms with Crippen LogP contribution in [0.1, 0.15) is 66.2 Å². The molecule has 1 amide bonds. The monoisotopic (exact) mass is 356 g/mol. The first-order valence-electron chi connectivity index (χ1n) is 9.37. The van der Waals surface area contributed by atoms with Crippen molar-refractivity contribution in [3.63, 3.8) is 0 Å². The Balaban J connectivity index is 2.09. The molecule has 1 aliphatic rings. The molecule has 0 unspecified atom stereocenters. The maximum atomic E-state index is 12.8. The van der Waals surface area contributed by atoms with Crippen molar-refractivity contribution in [1.82, 2.24) is 10.2 Å². The molecule has 0 aliphatic heterocycles. The van der Waals surface area contributed by atoms with Gasteiger partial charge in [0.1, 0.15) is 11.3 Å². The lowest BCUT2D eigenvalue weighted by molar-refractivity contribution is -0.117. The van der Waals surface area contributed by atoms with Gasteiger partial charge in [-0.3, -0.25) is 14.4 Å². The fourth-order valence-electron chi connectivity index (χ4n) is 3.20. The molecule has 1 aromatic rings. The molecule has 0 radical (unpaired) electrons. The van der Waals surface area contributed by atoms with Crippen LogP contribution in [-0.4, -0.2) is 43.0 Å². The van der Waals surface area contributed by atoms with Crippen molar-refractivity contribution >= 4 is 17.5 Å². The average Bonchev–Trinajstić information content (AvgIpc) is 2.63. The number of Topliss-reactive ketones (excluding diaryl/α,β-unsaturated/α-hetero) is 2. The number of fused-ring (bicyclic) bond motifs is 1. The maximum absolute atomic E-state index is 12.8. The van der Waals surface area contributed by atoms with Gasteiger partial charge in [-0.25, -0.2) is 0 Å². The van der Waals surface area contributed by atoms with Gasteiger partial charge in [0.15, 0.2) is 0 Å². The first kappa shape index (κ1) is 19.9. The number of hydrogen-bond donors (Lipinski definition) is 1. The van der Waals surface area contributed by atoms with E-state index in [4.69, 9.17) is 0 Å². The highest BCUT2D eigenvalue weighted by Crippen LogP contribution is 2.27. The van der Waals surface area contributed by atoms with Crippen LogP contribution in [0.2, 0.25) is 0 Å². The summed E-state index contributed by atoms with van der Waals surface area (Å²) in [7, 11) is 3.35. The number of carbonyl (C=O) groups excluding carboxylic acids is 3. The third-order valence-corrected chi connectivity index (χ3v) is 4.59. The fraction of sp³-hybridized carbons (Fsp3) is 0.476. The Bertz CT molecular complexity index is 720. The number of allylic oxidation sites excluding steroid dienone is 1. The van der Waals surface area contributed by atoms with E-state index in [1.54, 1.807) is 43.3 Å². The van der Waals surface area contributed by atoms with E-state index in [1.807, 2.05) is 0 Å². The van der Waals surface area contributed by atoms with E-state index >= 15 is 0 Å². The van der Waals surface area contributed by atoms with Gasteiger partial charge in [0.25, 0.3) is 5.91 Å². The molecule has 0 spiro atoms. The van der Waals surface area contributed by atoms with E-state index in [1.165, 1.54) is 19.3 Å². The SMILES string of the molecule is CCCCCCCCNC(=O)C1=C(N(C)C)C(=O)c2ccccc2C1=O. The minimum atomic E-state index is -0.463. The summed E-state index contributed by atoms with van der Waals surface area (Å²) in [4.78, 5) is 39.8. The zero-order valence-corrected chi connectivity index (χ0v) is 15.9. The fourth-order valence-corrected chi connectivity index (χ4v) is 3.20. The quantitative estimate of drug-likeness (QED) is 0.544. The van der Waals surface area contributed by atoms with E-state index in [-0.39, 0.29) is 22.8 Å². The highest BCUT2D eigenvalue weighted by Gasteiger charge is 2.36. The predicted octanol–water partition coefficient (Wildman–Crippen LogP) is 3.36. The standard InChI is InChI=1S/C21H28N2O3/c1-4-5-6-7-8-11-14-22-21(26)17-18(23(2)3)20(25)16-13-10-9-12-15(16)19(17)24/h9-10,12-13H,4-8,11,14H2,1-3H3,(H,22,26). The topological polar surface area (TPSA) is 66.5 Å². The Hall–Kier alpha value is -2.43. The number of ketones is 2. The predicted molar refractivity (Wildman–Crippen MR) is 102 cm³/mol. The number of amides is 1. The Morgan fingerprint density at radius 3 is 2.12 bits per heavy atom. The van der Waals surface area contributed by atoms with Crippen molar-refractivity contribution in [3.8, 4) is 0 Å². The summed E-state index contributed by atoms with van der Waals surface area (Å²) in [6, 6.07) is 6.66. The molecular weight excluding hydrogens is 328 g/mol. The molecule has 5 heteroatoms. The van der Waals surface area contributed by atoms with Crippen LogP contribution in [0.15, 0.2) is 35.5 Å². The number of nitrogens with one attached hydrogen (secondary N) is 1. The number of rotatable bonds is 9. The second-order valence-electron chi connectivity index (χ2n) is 6.85. The number of likely N-dealkylation sites (N-methyl/N-ethyl adjacent to an activating group) is 1. The first-order chi connectivity index (χ1) is 12.5. The number of unbranched alkanes of at least 4 members (excludes halogenated alkanes) is 5. The Morgan fingerprint density at radius 1 is 0.923 bits per heavy atom. The first-order valence-corrected chi connectivity index (χ1v) is 9.37. The van der Waals surface area contributed by atoms with Crippen LogP contribution < -0.4 is 5.32 Å². The zero-order valence-electron chi connectivity index (χ0n) is 15.9. The minimum Gasteiger partial charge on any atom is -0.374 e. The van der Waals surface area contributed by atoms with Crippen LogP contribution in [0.4, 0.5) is 0 Å². The molecule has 2 rings (SSSR count). The molecular formula is C21H28N2O3. The molecule has 0 heterocycles. The van der Waals surface area contributed by atoms with Crippen LogP contribution in [0, 0.1) is 0 Å². The van der Waals surface area contributed by atoms with Gasteiger partial charge in [0, 0.05) is 31.8 Å². The normalized spacial score (nSPS) is 13.7. The molecule has 0 bridgehead atoms. The molecule has 5 nitrogen and oxygen atoms in total. The van der Waals surface area contributed by atoms with Crippen molar-refractivity contribution in [2.75, 3.05) is 20.6 Å². The van der Waals surface area contributed by atoms with Gasteiger partial charge in [-0.1, -0.05) is 63.3 Å². The number of carbonyl (C=O) groups is 3. The van der Waals surface area contributed by atoms with Gasteiger partial charge in [-0.05, 0) is 6.42 Å². The molecule has 1 aliphatic carbocycles. The maximum Gasteiger partial charge on any atom is 0.257 e. The molecule has 26 heavy (non-hydrogen) atoms. The Morgan fingerprint density at radius 2 is 1.50 bits per heavy atom. The number of benzene rings is 1. The molecule has 0 saturated heterocycles. The van der Waals surface area contributed by atoms with E-state index in [0.29, 0.717) is 17.7 Å². The summed E-state index contributed by atoms with van der Waals surface area (Å²) in [6.07, 6.45) is 6.73. The summed E-state index contributed by atoms with van der Waals surface area (Å²) >= 11 is 0. The number of hydrogen-bond acceptors (Lipinski definition) is 4. The van der Waals surface area contributed by atoms with Crippen LogP contribution in [0.3, 0.4) is 0 Å². The van der Waals surface area contributed by atoms with Gasteiger partial charge in [-0.15, -0.1) is 0 Å². The van der Waals surface area contributed by atoms with Crippen LogP contribution >= 0.6 is 0 Å². The molecule has 1 aromatic carbocycles. The van der Waals surface area contributed by atoms with E-state index in [9.17, 15) is 14.4 Å². The molecule has 1 N–H and O–H groups in total. The second-order valence-corrected chi connectivity index (χ2v) is 6.85. The smallest absolute Gasteiger partial charge is 0.257 e. The lowest BCUT2D eigenvalue weighted by Gasteiger charge is -2.25. The minimum absolute atomic E-state index is 0.0512. The van der Waals surface area contributed by atoms with Gasteiger partial charge in [-0.2, -0.15) is 0 Å². The second kappa shape index (κ2) is 9.32. The van der Waals surface area contributed by atoms with Crippen molar-refractivity contribution in [2.45, 2.75) is 45.4 Å². The average molecular weight is 356 g/mol. The van der Waals surface area contributed by atoms with Gasteiger partial charge in [0.2, 0.25) is 11.6 Å². The van der Waals surface area contributed by atoms with Gasteiger partial charge in [0.05, 0.1) is 0 Å². The lowest BCUT2D eigenvalue weighted by Crippen LogP contribution is -2.38. The van der Waals surface area contributed by atoms with Crippen LogP contribution in [-0.2, 0) is 4.79 Å². The van der Waals surface area contributed by atoms with Crippen molar-refractivity contribution in [3.05, 3.63) is 46.7 Å². The summed E-state index contributed by atoms with van der Waals surface area (Å²) < 4.78 is 0. The van der Waals surface area contributed by atoms with E-state index in [2.05, 4.69) is 12.2 Å². The van der Waals surface area contributed by atoms with Gasteiger partial charge < -0.3 is 10.2 Å². The van der Waals surface area contributed by atoms with E-state index < -0.39 is 5.91 Å². The molecule has 0 saturated carbocycles. The highest BCUT2D eigenvalue weighted by molar-refractivity contribution is 6.36. The molecule has 0 aromatic heterocycles. The van der Waals surface area contributed by atoms with E-state index in [0.717, 1.165) is 19.3 Å². The summed E-state index contributed by atoms with van der Waals surface area (Å²) in [5, 5.41) is 2.81. The molecule has 0 atom stereocenters. The Labute approximate surface area is 155 Å². The van der Waals surface area contributed by atoms with Crippen molar-refractivity contribution in [2.24, 2.45) is 0 Å². The molecule has 0 fully saturated rings. The third kappa shape index (κ3) is 4.40. The highest BCUT2D eigenvalue weighted by atomic mass is 16.2.